The maximum Gasteiger partial charge on any atom is 0.141 e. The Morgan fingerprint density at radius 2 is 1.94 bits per heavy atom. The summed E-state index contributed by atoms with van der Waals surface area (Å²) < 4.78 is 6.47. The number of hydrogen-bond acceptors (Lipinski definition) is 2. The number of benzene rings is 2. The lowest BCUT2D eigenvalue weighted by molar-refractivity contribution is 0.480. The van der Waals surface area contributed by atoms with E-state index in [0.29, 0.717) is 22.2 Å². The number of anilines is 1. The molecule has 2 N–H and O–H groups in total. The van der Waals surface area contributed by atoms with E-state index in [-0.39, 0.29) is 0 Å². The highest BCUT2D eigenvalue weighted by Crippen LogP contribution is 2.31. The minimum Gasteiger partial charge on any atom is -0.456 e. The highest BCUT2D eigenvalue weighted by atomic mass is 79.9. The van der Waals surface area contributed by atoms with Gasteiger partial charge in [-0.3, -0.25) is 0 Å². The fraction of sp³-hybridized carbons (Fsp3) is 0. The van der Waals surface area contributed by atoms with Crippen molar-refractivity contribution in [1.82, 2.24) is 0 Å². The molecular weight excluding hydrogens is 289 g/mol. The SMILES string of the molecule is Nc1ccc(Oc2cccc(Cl)c2)c(Br)c1. The Labute approximate surface area is 107 Å². The molecular formula is C12H9BrClNO. The summed E-state index contributed by atoms with van der Waals surface area (Å²) in [5.74, 6) is 1.40. The molecule has 2 rings (SSSR count). The van der Waals surface area contributed by atoms with Crippen molar-refractivity contribution in [3.63, 3.8) is 0 Å². The molecule has 0 aliphatic heterocycles. The van der Waals surface area contributed by atoms with Crippen LogP contribution >= 0.6 is 27.5 Å². The fourth-order valence-electron chi connectivity index (χ4n) is 1.26. The van der Waals surface area contributed by atoms with E-state index < -0.39 is 0 Å². The van der Waals surface area contributed by atoms with Crippen LogP contribution in [0.4, 0.5) is 5.69 Å². The lowest BCUT2D eigenvalue weighted by atomic mass is 10.3. The summed E-state index contributed by atoms with van der Waals surface area (Å²) in [5, 5.41) is 0.643. The van der Waals surface area contributed by atoms with Gasteiger partial charge in [0, 0.05) is 10.7 Å². The molecule has 2 aromatic carbocycles. The van der Waals surface area contributed by atoms with Gasteiger partial charge in [0.15, 0.2) is 0 Å². The minimum atomic E-state index is 0.643. The van der Waals surface area contributed by atoms with Crippen LogP contribution in [0.1, 0.15) is 0 Å². The topological polar surface area (TPSA) is 35.2 Å². The summed E-state index contributed by atoms with van der Waals surface area (Å²) in [7, 11) is 0. The third-order valence-corrected chi connectivity index (χ3v) is 2.83. The quantitative estimate of drug-likeness (QED) is 0.830. The minimum absolute atomic E-state index is 0.643. The average molecular weight is 299 g/mol. The van der Waals surface area contributed by atoms with E-state index in [0.717, 1.165) is 4.47 Å². The molecule has 0 saturated heterocycles. The van der Waals surface area contributed by atoms with Crippen LogP contribution in [0.5, 0.6) is 11.5 Å². The summed E-state index contributed by atoms with van der Waals surface area (Å²) in [6.07, 6.45) is 0. The largest absolute Gasteiger partial charge is 0.456 e. The van der Waals surface area contributed by atoms with Gasteiger partial charge in [0.25, 0.3) is 0 Å². The molecule has 16 heavy (non-hydrogen) atoms. The first kappa shape index (κ1) is 11.3. The Balaban J connectivity index is 2.27. The Bertz CT molecular complexity index is 516. The third-order valence-electron chi connectivity index (χ3n) is 1.98. The van der Waals surface area contributed by atoms with Crippen molar-refractivity contribution in [2.45, 2.75) is 0 Å². The Morgan fingerprint density at radius 3 is 2.62 bits per heavy atom. The smallest absolute Gasteiger partial charge is 0.141 e. The molecule has 0 unspecified atom stereocenters. The van der Waals surface area contributed by atoms with Crippen LogP contribution in [0.25, 0.3) is 0 Å². The van der Waals surface area contributed by atoms with Crippen molar-refractivity contribution in [2.24, 2.45) is 0 Å². The second-order valence-electron chi connectivity index (χ2n) is 3.25. The van der Waals surface area contributed by atoms with Crippen molar-refractivity contribution in [2.75, 3.05) is 5.73 Å². The van der Waals surface area contributed by atoms with Gasteiger partial charge in [-0.2, -0.15) is 0 Å². The molecule has 0 saturated carbocycles. The summed E-state index contributed by atoms with van der Waals surface area (Å²) in [6, 6.07) is 12.6. The van der Waals surface area contributed by atoms with Gasteiger partial charge in [0.1, 0.15) is 11.5 Å². The first-order chi connectivity index (χ1) is 7.65. The molecule has 0 aromatic heterocycles. The number of halogens is 2. The first-order valence-corrected chi connectivity index (χ1v) is 5.81. The molecule has 0 atom stereocenters. The van der Waals surface area contributed by atoms with E-state index in [2.05, 4.69) is 15.9 Å². The molecule has 2 nitrogen and oxygen atoms in total. The summed E-state index contributed by atoms with van der Waals surface area (Å²) in [6.45, 7) is 0. The predicted octanol–water partition coefficient (Wildman–Crippen LogP) is 4.48. The van der Waals surface area contributed by atoms with Gasteiger partial charge < -0.3 is 10.5 Å². The second-order valence-corrected chi connectivity index (χ2v) is 4.54. The van der Waals surface area contributed by atoms with Crippen molar-refractivity contribution in [3.8, 4) is 11.5 Å². The lowest BCUT2D eigenvalue weighted by Gasteiger charge is -2.08. The standard InChI is InChI=1S/C12H9BrClNO/c13-11-7-9(15)4-5-12(11)16-10-3-1-2-8(14)6-10/h1-7H,15H2. The second kappa shape index (κ2) is 4.76. The van der Waals surface area contributed by atoms with E-state index in [4.69, 9.17) is 22.1 Å². The van der Waals surface area contributed by atoms with E-state index in [9.17, 15) is 0 Å². The monoisotopic (exact) mass is 297 g/mol. The van der Waals surface area contributed by atoms with Gasteiger partial charge in [-0.05, 0) is 52.3 Å². The van der Waals surface area contributed by atoms with Gasteiger partial charge in [0.05, 0.1) is 4.47 Å². The Morgan fingerprint density at radius 1 is 1.12 bits per heavy atom. The van der Waals surface area contributed by atoms with Crippen molar-refractivity contribution < 1.29 is 4.74 Å². The number of nitrogen functional groups attached to an aromatic ring is 1. The van der Waals surface area contributed by atoms with Gasteiger partial charge in [0.2, 0.25) is 0 Å². The van der Waals surface area contributed by atoms with Crippen LogP contribution in [0.15, 0.2) is 46.9 Å². The zero-order valence-corrected chi connectivity index (χ0v) is 10.6. The molecule has 0 radical (unpaired) electrons. The highest BCUT2D eigenvalue weighted by Gasteiger charge is 2.03. The van der Waals surface area contributed by atoms with Crippen LogP contribution in [0.3, 0.4) is 0 Å². The van der Waals surface area contributed by atoms with Crippen LogP contribution in [-0.4, -0.2) is 0 Å². The van der Waals surface area contributed by atoms with Gasteiger partial charge in [-0.1, -0.05) is 17.7 Å². The number of rotatable bonds is 2. The number of hydrogen-bond donors (Lipinski definition) is 1. The van der Waals surface area contributed by atoms with Gasteiger partial charge in [-0.25, -0.2) is 0 Å². The van der Waals surface area contributed by atoms with E-state index in [1.165, 1.54) is 0 Å². The molecule has 2 aromatic rings. The number of nitrogens with two attached hydrogens (primary N) is 1. The van der Waals surface area contributed by atoms with Crippen molar-refractivity contribution in [3.05, 3.63) is 52.0 Å². The van der Waals surface area contributed by atoms with Crippen molar-refractivity contribution >= 4 is 33.2 Å². The highest BCUT2D eigenvalue weighted by molar-refractivity contribution is 9.10. The lowest BCUT2D eigenvalue weighted by Crippen LogP contribution is -1.88. The molecule has 0 spiro atoms. The van der Waals surface area contributed by atoms with E-state index >= 15 is 0 Å². The maximum atomic E-state index is 5.86. The normalized spacial score (nSPS) is 10.1. The molecule has 0 fully saturated rings. The van der Waals surface area contributed by atoms with Gasteiger partial charge >= 0.3 is 0 Å². The molecule has 0 aliphatic rings. The van der Waals surface area contributed by atoms with Crippen LogP contribution in [-0.2, 0) is 0 Å². The molecule has 82 valence electrons. The van der Waals surface area contributed by atoms with Crippen LogP contribution in [0.2, 0.25) is 5.02 Å². The van der Waals surface area contributed by atoms with Gasteiger partial charge in [-0.15, -0.1) is 0 Å². The average Bonchev–Trinajstić information content (AvgIpc) is 2.22. The number of ether oxygens (including phenoxy) is 1. The summed E-state index contributed by atoms with van der Waals surface area (Å²) >= 11 is 9.25. The predicted molar refractivity (Wildman–Crippen MR) is 70.1 cm³/mol. The fourth-order valence-corrected chi connectivity index (χ4v) is 1.92. The zero-order valence-electron chi connectivity index (χ0n) is 8.28. The first-order valence-electron chi connectivity index (χ1n) is 4.63. The molecule has 0 heterocycles. The van der Waals surface area contributed by atoms with E-state index in [1.54, 1.807) is 30.3 Å². The molecule has 4 heteroatoms. The van der Waals surface area contributed by atoms with E-state index in [1.807, 2.05) is 12.1 Å². The molecule has 0 aliphatic carbocycles. The molecule has 0 bridgehead atoms. The molecule has 0 amide bonds. The summed E-state index contributed by atoms with van der Waals surface area (Å²) in [5.41, 5.74) is 6.32. The summed E-state index contributed by atoms with van der Waals surface area (Å²) in [4.78, 5) is 0. The maximum absolute atomic E-state index is 5.86. The van der Waals surface area contributed by atoms with Crippen LogP contribution < -0.4 is 10.5 Å². The van der Waals surface area contributed by atoms with Crippen LogP contribution in [0, 0.1) is 0 Å². The zero-order chi connectivity index (χ0) is 11.5. The third kappa shape index (κ3) is 2.68. The Kier molecular flexibility index (Phi) is 3.36. The van der Waals surface area contributed by atoms with Crippen molar-refractivity contribution in [1.29, 1.82) is 0 Å². The Hall–Kier alpha value is -1.19.